The number of amides is 2. The van der Waals surface area contributed by atoms with Crippen LogP contribution in [0.4, 0.5) is 10.1 Å². The largest absolute Gasteiger partial charge is 0.352 e. The van der Waals surface area contributed by atoms with E-state index in [1.54, 1.807) is 10.9 Å². The quantitative estimate of drug-likeness (QED) is 0.794. The van der Waals surface area contributed by atoms with Crippen LogP contribution in [0.25, 0.3) is 0 Å². The maximum atomic E-state index is 13.0. The van der Waals surface area contributed by atoms with Gasteiger partial charge in [0, 0.05) is 25.7 Å². The predicted octanol–water partition coefficient (Wildman–Crippen LogP) is 1.95. The molecule has 8 heteroatoms. The Hall–Kier alpha value is -2.74. The van der Waals surface area contributed by atoms with Gasteiger partial charge in [0.05, 0.1) is 24.1 Å². The van der Waals surface area contributed by atoms with Gasteiger partial charge >= 0.3 is 0 Å². The molecule has 2 N–H and O–H groups in total. The van der Waals surface area contributed by atoms with Crippen LogP contribution in [-0.4, -0.2) is 52.7 Å². The van der Waals surface area contributed by atoms with Crippen LogP contribution >= 0.6 is 0 Å². The average Bonchev–Trinajstić information content (AvgIpc) is 2.99. The Bertz CT molecular complexity index is 834. The molecule has 7 nitrogen and oxygen atoms in total. The highest BCUT2D eigenvalue weighted by Gasteiger charge is 2.22. The number of halogens is 1. The molecule has 0 saturated carbocycles. The number of hydrogen-bond donors (Lipinski definition) is 2. The Morgan fingerprint density at radius 1 is 1.29 bits per heavy atom. The molecule has 1 aromatic heterocycles. The monoisotopic (exact) mass is 387 g/mol. The number of likely N-dealkylation sites (tertiary alicyclic amines) is 1. The van der Waals surface area contributed by atoms with Crippen LogP contribution in [0.5, 0.6) is 0 Å². The second-order valence-electron chi connectivity index (χ2n) is 7.28. The number of nitrogens with zero attached hydrogens (tertiary/aromatic N) is 3. The van der Waals surface area contributed by atoms with Crippen molar-refractivity contribution in [1.82, 2.24) is 20.0 Å². The van der Waals surface area contributed by atoms with Crippen molar-refractivity contribution in [3.63, 3.8) is 0 Å². The Morgan fingerprint density at radius 2 is 2.04 bits per heavy atom. The van der Waals surface area contributed by atoms with Crippen LogP contribution in [0.3, 0.4) is 0 Å². The van der Waals surface area contributed by atoms with Crippen molar-refractivity contribution < 1.29 is 14.0 Å². The number of anilines is 1. The first-order valence-corrected chi connectivity index (χ1v) is 9.47. The van der Waals surface area contributed by atoms with Crippen molar-refractivity contribution >= 4 is 17.5 Å². The summed E-state index contributed by atoms with van der Waals surface area (Å²) in [5.41, 5.74) is 2.08. The van der Waals surface area contributed by atoms with Crippen molar-refractivity contribution in [2.45, 2.75) is 19.8 Å². The lowest BCUT2D eigenvalue weighted by atomic mass is 9.98. The molecule has 1 saturated heterocycles. The van der Waals surface area contributed by atoms with Gasteiger partial charge in [0.1, 0.15) is 5.82 Å². The summed E-state index contributed by atoms with van der Waals surface area (Å²) in [7, 11) is 1.83. The third-order valence-electron chi connectivity index (χ3n) is 5.14. The molecule has 1 aromatic carbocycles. The first-order chi connectivity index (χ1) is 13.4. The molecule has 150 valence electrons. The van der Waals surface area contributed by atoms with E-state index >= 15 is 0 Å². The van der Waals surface area contributed by atoms with Gasteiger partial charge in [0.15, 0.2) is 0 Å². The number of nitrogens with one attached hydrogen (secondary N) is 2. The Morgan fingerprint density at radius 3 is 2.71 bits per heavy atom. The van der Waals surface area contributed by atoms with E-state index in [0.717, 1.165) is 37.3 Å². The van der Waals surface area contributed by atoms with E-state index in [4.69, 9.17) is 0 Å². The molecule has 28 heavy (non-hydrogen) atoms. The number of hydrogen-bond acceptors (Lipinski definition) is 4. The zero-order valence-corrected chi connectivity index (χ0v) is 16.2. The Labute approximate surface area is 163 Å². The van der Waals surface area contributed by atoms with E-state index < -0.39 is 0 Å². The maximum absolute atomic E-state index is 13.0. The maximum Gasteiger partial charge on any atom is 0.251 e. The number of rotatable bonds is 6. The number of piperidine rings is 1. The summed E-state index contributed by atoms with van der Waals surface area (Å²) >= 11 is 0. The topological polar surface area (TPSA) is 79.3 Å². The van der Waals surface area contributed by atoms with E-state index in [2.05, 4.69) is 20.6 Å². The van der Waals surface area contributed by atoms with Gasteiger partial charge < -0.3 is 10.6 Å². The number of carbonyl (C=O) groups excluding carboxylic acids is 2. The van der Waals surface area contributed by atoms with Gasteiger partial charge in [-0.2, -0.15) is 5.10 Å². The fourth-order valence-corrected chi connectivity index (χ4v) is 3.42. The van der Waals surface area contributed by atoms with Gasteiger partial charge in [-0.15, -0.1) is 0 Å². The van der Waals surface area contributed by atoms with E-state index in [-0.39, 0.29) is 23.5 Å². The number of aryl methyl sites for hydroxylation is 1. The molecule has 1 aliphatic rings. The summed E-state index contributed by atoms with van der Waals surface area (Å²) in [4.78, 5) is 26.6. The van der Waals surface area contributed by atoms with E-state index in [1.165, 1.54) is 24.3 Å². The van der Waals surface area contributed by atoms with Crippen molar-refractivity contribution in [2.24, 2.45) is 13.0 Å². The smallest absolute Gasteiger partial charge is 0.251 e. The molecule has 2 amide bonds. The summed E-state index contributed by atoms with van der Waals surface area (Å²) in [6, 6.07) is 5.50. The molecule has 1 atom stereocenters. The van der Waals surface area contributed by atoms with Crippen LogP contribution in [0.2, 0.25) is 0 Å². The molecule has 1 aliphatic heterocycles. The van der Waals surface area contributed by atoms with Gasteiger partial charge in [0.2, 0.25) is 5.91 Å². The second-order valence-corrected chi connectivity index (χ2v) is 7.28. The molecular weight excluding hydrogens is 361 g/mol. The highest BCUT2D eigenvalue weighted by atomic mass is 19.1. The fourth-order valence-electron chi connectivity index (χ4n) is 3.42. The molecule has 0 bridgehead atoms. The van der Waals surface area contributed by atoms with Crippen LogP contribution < -0.4 is 10.6 Å². The van der Waals surface area contributed by atoms with E-state index in [0.29, 0.717) is 18.7 Å². The minimum atomic E-state index is -0.362. The molecule has 3 rings (SSSR count). The standard InChI is InChI=1S/C20H26FN5O2/c1-14-18(11-23-25(14)2)24-19(27)13-26-9-3-4-15(12-26)10-22-20(28)16-5-7-17(21)8-6-16/h5-8,11,15H,3-4,9-10,12-13H2,1-2H3,(H,22,28)(H,24,27)/t15-/m0/s1. The molecule has 2 aromatic rings. The second kappa shape index (κ2) is 8.97. The normalized spacial score (nSPS) is 17.3. The SMILES string of the molecule is Cc1c(NC(=O)CN2CCC[C@@H](CNC(=O)c3ccc(F)cc3)C2)cnn1C. The van der Waals surface area contributed by atoms with E-state index in [9.17, 15) is 14.0 Å². The highest BCUT2D eigenvalue weighted by molar-refractivity contribution is 5.94. The van der Waals surface area contributed by atoms with Crippen molar-refractivity contribution in [3.05, 3.63) is 47.5 Å². The molecule has 0 aliphatic carbocycles. The zero-order valence-electron chi connectivity index (χ0n) is 16.2. The molecule has 0 unspecified atom stereocenters. The third kappa shape index (κ3) is 5.16. The zero-order chi connectivity index (χ0) is 20.1. The number of benzene rings is 1. The van der Waals surface area contributed by atoms with Gasteiger partial charge in [-0.3, -0.25) is 19.2 Å². The van der Waals surface area contributed by atoms with Crippen molar-refractivity contribution in [1.29, 1.82) is 0 Å². The van der Waals surface area contributed by atoms with Crippen LogP contribution in [-0.2, 0) is 11.8 Å². The molecule has 1 fully saturated rings. The lowest BCUT2D eigenvalue weighted by Crippen LogP contribution is -2.43. The van der Waals surface area contributed by atoms with Crippen LogP contribution in [0.15, 0.2) is 30.5 Å². The Kier molecular flexibility index (Phi) is 6.41. The lowest BCUT2D eigenvalue weighted by Gasteiger charge is -2.32. The van der Waals surface area contributed by atoms with Gasteiger partial charge in [-0.25, -0.2) is 4.39 Å². The minimum Gasteiger partial charge on any atom is -0.352 e. The molecule has 2 heterocycles. The van der Waals surface area contributed by atoms with Gasteiger partial charge in [-0.05, 0) is 56.5 Å². The Balaban J connectivity index is 1.45. The van der Waals surface area contributed by atoms with Crippen LogP contribution in [0, 0.1) is 18.7 Å². The molecule has 0 spiro atoms. The van der Waals surface area contributed by atoms with Crippen molar-refractivity contribution in [2.75, 3.05) is 31.5 Å². The molecular formula is C20H26FN5O2. The van der Waals surface area contributed by atoms with Gasteiger partial charge in [0.25, 0.3) is 5.91 Å². The first kappa shape index (κ1) is 20.0. The number of carbonyl (C=O) groups is 2. The minimum absolute atomic E-state index is 0.0629. The first-order valence-electron chi connectivity index (χ1n) is 9.47. The summed E-state index contributed by atoms with van der Waals surface area (Å²) < 4.78 is 14.7. The van der Waals surface area contributed by atoms with Crippen LogP contribution in [0.1, 0.15) is 28.9 Å². The summed E-state index contributed by atoms with van der Waals surface area (Å²) in [5, 5.41) is 9.94. The predicted molar refractivity (Wildman–Crippen MR) is 104 cm³/mol. The highest BCUT2D eigenvalue weighted by Crippen LogP contribution is 2.17. The van der Waals surface area contributed by atoms with Gasteiger partial charge in [-0.1, -0.05) is 0 Å². The summed E-state index contributed by atoms with van der Waals surface area (Å²) in [6.45, 7) is 4.38. The fraction of sp³-hybridized carbons (Fsp3) is 0.450. The summed E-state index contributed by atoms with van der Waals surface area (Å²) in [6.07, 6.45) is 3.64. The van der Waals surface area contributed by atoms with E-state index in [1.807, 2.05) is 14.0 Å². The summed E-state index contributed by atoms with van der Waals surface area (Å²) in [5.74, 6) is -0.348. The third-order valence-corrected chi connectivity index (χ3v) is 5.14. The lowest BCUT2D eigenvalue weighted by molar-refractivity contribution is -0.117. The number of aromatic nitrogens is 2. The van der Waals surface area contributed by atoms with Crippen molar-refractivity contribution in [3.8, 4) is 0 Å². The molecule has 0 radical (unpaired) electrons. The average molecular weight is 387 g/mol.